The number of nitrogens with zero attached hydrogens (tertiary/aromatic N) is 3. The maximum absolute atomic E-state index is 13.1. The van der Waals surface area contributed by atoms with Crippen molar-refractivity contribution in [3.63, 3.8) is 0 Å². The molecule has 0 radical (unpaired) electrons. The van der Waals surface area contributed by atoms with Gasteiger partial charge >= 0.3 is 0 Å². The average molecular weight is 442 g/mol. The van der Waals surface area contributed by atoms with Crippen LogP contribution >= 0.6 is 11.6 Å². The van der Waals surface area contributed by atoms with Crippen molar-refractivity contribution in [2.45, 2.75) is 25.4 Å². The van der Waals surface area contributed by atoms with E-state index in [1.807, 2.05) is 40.1 Å². The first-order valence-electron chi connectivity index (χ1n) is 10.6. The van der Waals surface area contributed by atoms with Crippen molar-refractivity contribution in [1.82, 2.24) is 14.7 Å². The van der Waals surface area contributed by atoms with E-state index in [1.54, 1.807) is 24.3 Å². The monoisotopic (exact) mass is 441 g/mol. The molecule has 2 heterocycles. The minimum absolute atomic E-state index is 0.000234. The van der Waals surface area contributed by atoms with E-state index in [2.05, 4.69) is 18.7 Å². The molecule has 2 amide bonds. The molecule has 2 aliphatic rings. The summed E-state index contributed by atoms with van der Waals surface area (Å²) in [6.45, 7) is 7.64. The molecule has 4 rings (SSSR count). The molecule has 2 saturated heterocycles. The van der Waals surface area contributed by atoms with E-state index < -0.39 is 0 Å². The highest BCUT2D eigenvalue weighted by molar-refractivity contribution is 6.30. The molecule has 0 unspecified atom stereocenters. The van der Waals surface area contributed by atoms with Crippen LogP contribution in [0.5, 0.6) is 5.75 Å². The Morgan fingerprint density at radius 3 is 2.39 bits per heavy atom. The van der Waals surface area contributed by atoms with Crippen molar-refractivity contribution < 1.29 is 14.3 Å². The first kappa shape index (κ1) is 21.7. The molecule has 0 bridgehead atoms. The van der Waals surface area contributed by atoms with E-state index in [1.165, 1.54) is 0 Å². The van der Waals surface area contributed by atoms with Gasteiger partial charge in [0.15, 0.2) is 6.61 Å². The number of carbonyl (C=O) groups is 2. The van der Waals surface area contributed by atoms with Crippen LogP contribution in [-0.4, -0.2) is 77.4 Å². The van der Waals surface area contributed by atoms with Gasteiger partial charge in [0.25, 0.3) is 11.8 Å². The van der Waals surface area contributed by atoms with Crippen LogP contribution in [0.4, 0.5) is 0 Å². The van der Waals surface area contributed by atoms with Crippen LogP contribution in [-0.2, 0) is 4.79 Å². The third-order valence-corrected chi connectivity index (χ3v) is 6.36. The molecule has 1 atom stereocenters. The number of hydrogen-bond acceptors (Lipinski definition) is 4. The second-order valence-corrected chi connectivity index (χ2v) is 9.23. The summed E-state index contributed by atoms with van der Waals surface area (Å²) in [5.74, 6) is 0.663. The maximum atomic E-state index is 13.1. The molecule has 6 nitrogen and oxygen atoms in total. The summed E-state index contributed by atoms with van der Waals surface area (Å²) < 4.78 is 5.64. The van der Waals surface area contributed by atoms with Gasteiger partial charge in [-0.25, -0.2) is 0 Å². The fraction of sp³-hybridized carbons (Fsp3) is 0.417. The van der Waals surface area contributed by atoms with E-state index in [0.29, 0.717) is 42.5 Å². The second kappa shape index (κ2) is 8.89. The van der Waals surface area contributed by atoms with Crippen LogP contribution in [0.15, 0.2) is 54.6 Å². The molecule has 0 N–H and O–H groups in total. The highest BCUT2D eigenvalue weighted by Gasteiger charge is 2.44. The molecule has 164 valence electrons. The highest BCUT2D eigenvalue weighted by atomic mass is 35.5. The van der Waals surface area contributed by atoms with Crippen molar-refractivity contribution in [1.29, 1.82) is 0 Å². The first-order chi connectivity index (χ1) is 14.8. The van der Waals surface area contributed by atoms with Crippen LogP contribution in [0.3, 0.4) is 0 Å². The zero-order valence-corrected chi connectivity index (χ0v) is 18.7. The third kappa shape index (κ3) is 4.86. The Bertz CT molecular complexity index is 933. The lowest BCUT2D eigenvalue weighted by Crippen LogP contribution is -2.70. The molecule has 0 aliphatic carbocycles. The topological polar surface area (TPSA) is 53.1 Å². The second-order valence-electron chi connectivity index (χ2n) is 8.79. The van der Waals surface area contributed by atoms with Gasteiger partial charge in [-0.05, 0) is 50.2 Å². The minimum Gasteiger partial charge on any atom is -0.484 e. The van der Waals surface area contributed by atoms with Gasteiger partial charge in [0.05, 0.1) is 0 Å². The number of rotatable bonds is 4. The first-order valence-corrected chi connectivity index (χ1v) is 11.0. The normalized spacial score (nSPS) is 20.8. The number of carbonyl (C=O) groups excluding carboxylic acids is 2. The minimum atomic E-state index is -0.166. The summed E-state index contributed by atoms with van der Waals surface area (Å²) >= 11 is 5.97. The Kier molecular flexibility index (Phi) is 6.21. The van der Waals surface area contributed by atoms with Crippen LogP contribution in [0.25, 0.3) is 0 Å². The predicted octanol–water partition coefficient (Wildman–Crippen LogP) is 3.17. The Morgan fingerprint density at radius 2 is 1.68 bits per heavy atom. The van der Waals surface area contributed by atoms with Crippen LogP contribution < -0.4 is 4.74 Å². The number of benzene rings is 2. The standard InChI is InChI=1S/C24H28ClN3O3/c1-24(2)17-27(23(30)18-8-10-19(25)11-9-18)15-20-14-26(12-13-28(20)24)22(29)16-31-21-6-4-3-5-7-21/h3-11,20H,12-17H2,1-2H3/t20-/m0/s1. The van der Waals surface area contributed by atoms with Gasteiger partial charge in [-0.1, -0.05) is 29.8 Å². The van der Waals surface area contributed by atoms with Crippen molar-refractivity contribution >= 4 is 23.4 Å². The Balaban J connectivity index is 1.42. The van der Waals surface area contributed by atoms with Crippen molar-refractivity contribution in [3.8, 4) is 5.75 Å². The van der Waals surface area contributed by atoms with Gasteiger partial charge < -0.3 is 14.5 Å². The average Bonchev–Trinajstić information content (AvgIpc) is 2.77. The number of ether oxygens (including phenoxy) is 1. The van der Waals surface area contributed by atoms with Gasteiger partial charge in [0, 0.05) is 54.9 Å². The van der Waals surface area contributed by atoms with Crippen LogP contribution in [0, 0.1) is 0 Å². The molecule has 2 aromatic rings. The number of fused-ring (bicyclic) bond motifs is 1. The Hall–Kier alpha value is -2.57. The van der Waals surface area contributed by atoms with Crippen molar-refractivity contribution in [2.75, 3.05) is 39.3 Å². The molecule has 2 fully saturated rings. The highest BCUT2D eigenvalue weighted by Crippen LogP contribution is 2.29. The van der Waals surface area contributed by atoms with Crippen LogP contribution in [0.2, 0.25) is 5.02 Å². The number of hydrogen-bond donors (Lipinski definition) is 0. The van der Waals surface area contributed by atoms with Gasteiger partial charge in [0.1, 0.15) is 5.75 Å². The van der Waals surface area contributed by atoms with E-state index in [9.17, 15) is 9.59 Å². The molecule has 31 heavy (non-hydrogen) atoms. The molecule has 7 heteroatoms. The largest absolute Gasteiger partial charge is 0.484 e. The summed E-state index contributed by atoms with van der Waals surface area (Å²) in [4.78, 5) is 32.1. The SMILES string of the molecule is CC1(C)CN(C(=O)c2ccc(Cl)cc2)C[C@@H]2CN(C(=O)COc3ccccc3)CCN21. The predicted molar refractivity (Wildman–Crippen MR) is 120 cm³/mol. The summed E-state index contributed by atoms with van der Waals surface area (Å²) in [6, 6.07) is 16.5. The lowest BCUT2D eigenvalue weighted by atomic mass is 9.92. The summed E-state index contributed by atoms with van der Waals surface area (Å²) in [6.07, 6.45) is 0. The van der Waals surface area contributed by atoms with Crippen LogP contribution in [0.1, 0.15) is 24.2 Å². The number of para-hydroxylation sites is 1. The number of halogens is 1. The Labute approximate surface area is 188 Å². The molecule has 0 saturated carbocycles. The van der Waals surface area contributed by atoms with Gasteiger partial charge in [0.2, 0.25) is 0 Å². The van der Waals surface area contributed by atoms with Crippen molar-refractivity contribution in [3.05, 3.63) is 65.2 Å². The molecule has 2 aliphatic heterocycles. The van der Waals surface area contributed by atoms with E-state index >= 15 is 0 Å². The van der Waals surface area contributed by atoms with E-state index in [-0.39, 0.29) is 30.0 Å². The molecule has 2 aromatic carbocycles. The fourth-order valence-corrected chi connectivity index (χ4v) is 4.72. The zero-order valence-electron chi connectivity index (χ0n) is 18.0. The van der Waals surface area contributed by atoms with E-state index in [0.717, 1.165) is 6.54 Å². The van der Waals surface area contributed by atoms with Gasteiger partial charge in [-0.15, -0.1) is 0 Å². The van der Waals surface area contributed by atoms with Gasteiger partial charge in [-0.3, -0.25) is 14.5 Å². The fourth-order valence-electron chi connectivity index (χ4n) is 4.59. The molecule has 0 spiro atoms. The third-order valence-electron chi connectivity index (χ3n) is 6.11. The summed E-state index contributed by atoms with van der Waals surface area (Å²) in [5.41, 5.74) is 0.467. The Morgan fingerprint density at radius 1 is 1.00 bits per heavy atom. The molecular weight excluding hydrogens is 414 g/mol. The van der Waals surface area contributed by atoms with E-state index in [4.69, 9.17) is 16.3 Å². The summed E-state index contributed by atoms with van der Waals surface area (Å²) in [7, 11) is 0. The maximum Gasteiger partial charge on any atom is 0.260 e. The summed E-state index contributed by atoms with van der Waals surface area (Å²) in [5, 5.41) is 0.612. The molecular formula is C24H28ClN3O3. The smallest absolute Gasteiger partial charge is 0.260 e. The van der Waals surface area contributed by atoms with Gasteiger partial charge in [-0.2, -0.15) is 0 Å². The van der Waals surface area contributed by atoms with Crippen molar-refractivity contribution in [2.24, 2.45) is 0 Å². The lowest BCUT2D eigenvalue weighted by molar-refractivity contribution is -0.140. The number of piperazine rings is 2. The molecule has 0 aromatic heterocycles. The lowest BCUT2D eigenvalue weighted by Gasteiger charge is -2.55. The number of amides is 2. The zero-order chi connectivity index (χ0) is 22.0. The quantitative estimate of drug-likeness (QED) is 0.731.